The van der Waals surface area contributed by atoms with E-state index in [9.17, 15) is 9.46 Å². The van der Waals surface area contributed by atoms with Crippen LogP contribution < -0.4 is 10.2 Å². The molecule has 2 atom stereocenters. The molecule has 1 N–H and O–H groups in total. The topological polar surface area (TPSA) is 61.4 Å². The molecule has 0 bridgehead atoms. The highest BCUT2D eigenvalue weighted by molar-refractivity contribution is 7.30. The molecule has 0 saturated carbocycles. The van der Waals surface area contributed by atoms with Crippen LogP contribution in [0.3, 0.4) is 0 Å². The molecule has 96 valence electrons. The predicted octanol–water partition coefficient (Wildman–Crippen LogP) is 2.36. The number of likely N-dealkylation sites (N-methyl/N-ethyl adjacent to an activating group) is 1. The average molecular weight is 249 g/mol. The molecule has 0 rings (SSSR count). The van der Waals surface area contributed by atoms with Crippen molar-refractivity contribution in [1.29, 1.82) is 0 Å². The Labute approximate surface area is 99.7 Å². The first-order chi connectivity index (χ1) is 7.70. The summed E-state index contributed by atoms with van der Waals surface area (Å²) in [6.45, 7) is 2.79. The third-order valence-electron chi connectivity index (χ3n) is 2.55. The minimum absolute atomic E-state index is 0.197. The Morgan fingerprint density at radius 1 is 1.25 bits per heavy atom. The molecular weight excluding hydrogens is 225 g/mol. The molecule has 16 heavy (non-hydrogen) atoms. The molecule has 2 unspecified atom stereocenters. The first kappa shape index (κ1) is 16.0. The lowest BCUT2D eigenvalue weighted by molar-refractivity contribution is -0.189. The summed E-state index contributed by atoms with van der Waals surface area (Å²) in [6.07, 6.45) is 7.89. The van der Waals surface area contributed by atoms with E-state index in [4.69, 9.17) is 4.52 Å². The average Bonchev–Trinajstić information content (AvgIpc) is 2.22. The SMILES string of the molecule is CCCCCCCCC(CNC)O[P+](=O)[O-]. The largest absolute Gasteiger partial charge is 0.566 e. The molecular formula is C11H24NO3P. The number of unbranched alkanes of at least 4 members (excludes halogenated alkanes) is 5. The fourth-order valence-electron chi connectivity index (χ4n) is 1.69. The third kappa shape index (κ3) is 10.5. The zero-order valence-corrected chi connectivity index (χ0v) is 11.3. The highest BCUT2D eigenvalue weighted by Gasteiger charge is 2.15. The molecule has 0 aliphatic carbocycles. The molecule has 0 aliphatic heterocycles. The van der Waals surface area contributed by atoms with Crippen molar-refractivity contribution in [3.8, 4) is 0 Å². The van der Waals surface area contributed by atoms with Crippen molar-refractivity contribution < 1.29 is 14.0 Å². The van der Waals surface area contributed by atoms with E-state index in [1.165, 1.54) is 32.1 Å². The second kappa shape index (κ2) is 11.5. The molecule has 0 saturated heterocycles. The van der Waals surface area contributed by atoms with E-state index < -0.39 is 8.25 Å². The highest BCUT2D eigenvalue weighted by atomic mass is 31.1. The van der Waals surface area contributed by atoms with Crippen LogP contribution in [0.1, 0.15) is 51.9 Å². The molecule has 0 fully saturated rings. The Hall–Kier alpha value is -0.0200. The van der Waals surface area contributed by atoms with Gasteiger partial charge in [-0.25, -0.2) is 0 Å². The van der Waals surface area contributed by atoms with Crippen molar-refractivity contribution >= 4 is 8.25 Å². The fraction of sp³-hybridized carbons (Fsp3) is 1.00. The van der Waals surface area contributed by atoms with Crippen LogP contribution in [0.4, 0.5) is 0 Å². The van der Waals surface area contributed by atoms with Gasteiger partial charge in [-0.3, -0.25) is 0 Å². The van der Waals surface area contributed by atoms with Crippen molar-refractivity contribution in [3.05, 3.63) is 0 Å². The zero-order chi connectivity index (χ0) is 12.2. The number of nitrogens with one attached hydrogen (secondary N) is 1. The van der Waals surface area contributed by atoms with Gasteiger partial charge in [0.1, 0.15) is 6.10 Å². The number of hydrogen-bond acceptors (Lipinski definition) is 4. The third-order valence-corrected chi connectivity index (χ3v) is 3.02. The van der Waals surface area contributed by atoms with Gasteiger partial charge in [0, 0.05) is 6.54 Å². The lowest BCUT2D eigenvalue weighted by Crippen LogP contribution is -2.25. The smallest absolute Gasteiger partial charge is 0.488 e. The van der Waals surface area contributed by atoms with E-state index in [1.54, 1.807) is 7.05 Å². The zero-order valence-electron chi connectivity index (χ0n) is 10.4. The Morgan fingerprint density at radius 3 is 2.44 bits per heavy atom. The van der Waals surface area contributed by atoms with E-state index in [-0.39, 0.29) is 6.10 Å². The lowest BCUT2D eigenvalue weighted by Gasteiger charge is -2.10. The van der Waals surface area contributed by atoms with Gasteiger partial charge in [0.25, 0.3) is 0 Å². The van der Waals surface area contributed by atoms with Crippen LogP contribution in [0.25, 0.3) is 0 Å². The summed E-state index contributed by atoms with van der Waals surface area (Å²) in [7, 11) is -0.920. The molecule has 0 aromatic carbocycles. The van der Waals surface area contributed by atoms with Gasteiger partial charge >= 0.3 is 8.25 Å². The highest BCUT2D eigenvalue weighted by Crippen LogP contribution is 2.18. The Bertz CT molecular complexity index is 179. The standard InChI is InChI=1S/C11H24NO3P/c1-3-4-5-6-7-8-9-11(10-12-2)15-16(13)14/h11-12H,3-10H2,1-2H3. The molecule has 0 aliphatic rings. The van der Waals surface area contributed by atoms with Gasteiger partial charge in [0.2, 0.25) is 0 Å². The van der Waals surface area contributed by atoms with Crippen molar-refractivity contribution in [2.24, 2.45) is 0 Å². The molecule has 0 radical (unpaired) electrons. The van der Waals surface area contributed by atoms with E-state index >= 15 is 0 Å². The van der Waals surface area contributed by atoms with Crippen LogP contribution >= 0.6 is 8.25 Å². The van der Waals surface area contributed by atoms with Crippen LogP contribution in [-0.4, -0.2) is 19.7 Å². The summed E-state index contributed by atoms with van der Waals surface area (Å²) in [5.41, 5.74) is 0. The molecule has 0 heterocycles. The van der Waals surface area contributed by atoms with Gasteiger partial charge in [-0.2, -0.15) is 0 Å². The molecule has 0 spiro atoms. The van der Waals surface area contributed by atoms with E-state index in [2.05, 4.69) is 12.2 Å². The van der Waals surface area contributed by atoms with Gasteiger partial charge in [0.15, 0.2) is 0 Å². The maximum Gasteiger partial charge on any atom is 0.488 e. The molecule has 0 aromatic heterocycles. The monoisotopic (exact) mass is 249 g/mol. The van der Waals surface area contributed by atoms with Gasteiger partial charge in [-0.15, -0.1) is 4.52 Å². The summed E-state index contributed by atoms with van der Waals surface area (Å²) < 4.78 is 15.3. The normalized spacial score (nSPS) is 13.8. The Morgan fingerprint density at radius 2 is 1.88 bits per heavy atom. The predicted molar refractivity (Wildman–Crippen MR) is 64.4 cm³/mol. The summed E-state index contributed by atoms with van der Waals surface area (Å²) in [4.78, 5) is 10.4. The van der Waals surface area contributed by atoms with E-state index in [1.807, 2.05) is 0 Å². The van der Waals surface area contributed by atoms with Crippen molar-refractivity contribution in [2.45, 2.75) is 58.0 Å². The van der Waals surface area contributed by atoms with Gasteiger partial charge in [-0.1, -0.05) is 45.4 Å². The lowest BCUT2D eigenvalue weighted by atomic mass is 10.1. The quantitative estimate of drug-likeness (QED) is 0.451. The van der Waals surface area contributed by atoms with Crippen LogP contribution in [-0.2, 0) is 9.09 Å². The van der Waals surface area contributed by atoms with Gasteiger partial charge in [-0.05, 0) is 18.0 Å². The number of hydrogen-bond donors (Lipinski definition) is 1. The van der Waals surface area contributed by atoms with Crippen LogP contribution in [0.2, 0.25) is 0 Å². The Kier molecular flexibility index (Phi) is 11.5. The van der Waals surface area contributed by atoms with Crippen LogP contribution in [0, 0.1) is 0 Å². The van der Waals surface area contributed by atoms with Gasteiger partial charge in [0.05, 0.1) is 0 Å². The maximum atomic E-state index is 10.4. The van der Waals surface area contributed by atoms with E-state index in [0.29, 0.717) is 6.54 Å². The molecule has 4 nitrogen and oxygen atoms in total. The van der Waals surface area contributed by atoms with Gasteiger partial charge < -0.3 is 10.2 Å². The second-order valence-electron chi connectivity index (χ2n) is 4.07. The summed E-state index contributed by atoms with van der Waals surface area (Å²) in [6, 6.07) is 0. The number of rotatable bonds is 11. The molecule has 0 aromatic rings. The first-order valence-corrected chi connectivity index (χ1v) is 7.26. The van der Waals surface area contributed by atoms with E-state index in [0.717, 1.165) is 12.8 Å². The summed E-state index contributed by atoms with van der Waals surface area (Å²) in [5.74, 6) is 0. The second-order valence-corrected chi connectivity index (χ2v) is 4.72. The van der Waals surface area contributed by atoms with Crippen LogP contribution in [0.5, 0.6) is 0 Å². The molecule has 0 amide bonds. The minimum atomic E-state index is -2.72. The minimum Gasteiger partial charge on any atom is -0.566 e. The fourth-order valence-corrected chi connectivity index (χ4v) is 2.12. The Balaban J connectivity index is 3.47. The maximum absolute atomic E-state index is 10.4. The van der Waals surface area contributed by atoms with Crippen molar-refractivity contribution in [1.82, 2.24) is 5.32 Å². The van der Waals surface area contributed by atoms with Crippen molar-refractivity contribution in [3.63, 3.8) is 0 Å². The molecule has 5 heteroatoms. The summed E-state index contributed by atoms with van der Waals surface area (Å²) >= 11 is 0. The summed E-state index contributed by atoms with van der Waals surface area (Å²) in [5, 5.41) is 2.94. The van der Waals surface area contributed by atoms with Crippen molar-refractivity contribution in [2.75, 3.05) is 13.6 Å². The first-order valence-electron chi connectivity index (χ1n) is 6.16. The van der Waals surface area contributed by atoms with Crippen LogP contribution in [0.15, 0.2) is 0 Å².